The molecule has 0 bridgehead atoms. The van der Waals surface area contributed by atoms with Crippen LogP contribution in [-0.4, -0.2) is 21.0 Å². The molecule has 7 nitrogen and oxygen atoms in total. The number of nitrogens with one attached hydrogen (secondary N) is 2. The topological polar surface area (TPSA) is 109 Å². The molecule has 0 atom stereocenters. The van der Waals surface area contributed by atoms with Crippen molar-refractivity contribution < 1.29 is 9.21 Å². The molecule has 4 rings (SSSR count). The molecule has 3 heterocycles. The van der Waals surface area contributed by atoms with E-state index in [-0.39, 0.29) is 11.6 Å². The van der Waals surface area contributed by atoms with E-state index in [1.807, 2.05) is 13.0 Å². The molecule has 7 heteroatoms. The number of carbonyl (C=O) groups is 1. The van der Waals surface area contributed by atoms with Crippen molar-refractivity contribution in [2.75, 3.05) is 11.1 Å². The predicted molar refractivity (Wildman–Crippen MR) is 103 cm³/mol. The van der Waals surface area contributed by atoms with Gasteiger partial charge < -0.3 is 19.9 Å². The van der Waals surface area contributed by atoms with Gasteiger partial charge in [0.15, 0.2) is 0 Å². The summed E-state index contributed by atoms with van der Waals surface area (Å²) in [5.74, 6) is -0.242. The van der Waals surface area contributed by atoms with Gasteiger partial charge in [-0.2, -0.15) is 0 Å². The highest BCUT2D eigenvalue weighted by molar-refractivity contribution is 6.14. The number of furan rings is 1. The summed E-state index contributed by atoms with van der Waals surface area (Å²) in [5, 5.41) is 11.2. The van der Waals surface area contributed by atoms with Gasteiger partial charge in [-0.25, -0.2) is 4.98 Å². The fourth-order valence-corrected chi connectivity index (χ4v) is 2.92. The minimum Gasteiger partial charge on any atom is -0.472 e. The third-order valence-electron chi connectivity index (χ3n) is 4.39. The smallest absolute Gasteiger partial charge is 0.257 e. The van der Waals surface area contributed by atoms with Crippen molar-refractivity contribution in [1.29, 1.82) is 5.41 Å². The minimum absolute atomic E-state index is 0.230. The normalized spacial score (nSPS) is 10.9. The number of nitrogen functional groups attached to an aromatic ring is 1. The standard InChI is InChI=1S/C20H17N5O2/c1-12-6-15-8-23-11-25(15)9-17(12)20(26)24-14-2-3-18(21)16(7-14)19(22)13-4-5-27-10-13/h2-11,22H,21H2,1H3,(H,24,26). The van der Waals surface area contributed by atoms with Crippen LogP contribution in [0, 0.1) is 12.3 Å². The fraction of sp³-hybridized carbons (Fsp3) is 0.0500. The zero-order chi connectivity index (χ0) is 19.0. The number of aromatic nitrogens is 2. The van der Waals surface area contributed by atoms with Crippen LogP contribution in [0.25, 0.3) is 5.52 Å². The number of hydrogen-bond acceptors (Lipinski definition) is 5. The average Bonchev–Trinajstić information content (AvgIpc) is 3.33. The molecule has 4 N–H and O–H groups in total. The molecule has 134 valence electrons. The number of imidazole rings is 1. The van der Waals surface area contributed by atoms with Gasteiger partial charge in [-0.3, -0.25) is 10.2 Å². The van der Waals surface area contributed by atoms with Crippen LogP contribution in [0.15, 0.2) is 66.0 Å². The fourth-order valence-electron chi connectivity index (χ4n) is 2.92. The number of anilines is 2. The number of rotatable bonds is 4. The van der Waals surface area contributed by atoms with Gasteiger partial charge in [0.2, 0.25) is 0 Å². The lowest BCUT2D eigenvalue weighted by atomic mass is 10.0. The third kappa shape index (κ3) is 3.06. The second kappa shape index (κ2) is 6.45. The molecule has 0 aliphatic rings. The Balaban J connectivity index is 1.64. The van der Waals surface area contributed by atoms with Crippen LogP contribution in [0.3, 0.4) is 0 Å². The molecule has 3 aromatic heterocycles. The summed E-state index contributed by atoms with van der Waals surface area (Å²) in [6, 6.07) is 8.67. The van der Waals surface area contributed by atoms with E-state index in [9.17, 15) is 4.79 Å². The first-order chi connectivity index (χ1) is 13.0. The molecule has 0 radical (unpaired) electrons. The summed E-state index contributed by atoms with van der Waals surface area (Å²) in [7, 11) is 0. The Morgan fingerprint density at radius 1 is 1.26 bits per heavy atom. The summed E-state index contributed by atoms with van der Waals surface area (Å²) in [6.45, 7) is 1.88. The maximum absolute atomic E-state index is 12.8. The Labute approximate surface area is 155 Å². The van der Waals surface area contributed by atoms with E-state index in [1.54, 1.807) is 47.4 Å². The summed E-state index contributed by atoms with van der Waals surface area (Å²) in [5.41, 5.74) is 10.7. The number of fused-ring (bicyclic) bond motifs is 1. The lowest BCUT2D eigenvalue weighted by Crippen LogP contribution is -2.15. The molecule has 0 saturated heterocycles. The quantitative estimate of drug-likeness (QED) is 0.383. The number of nitrogens with zero attached hydrogens (tertiary/aromatic N) is 2. The maximum atomic E-state index is 12.8. The van der Waals surface area contributed by atoms with Gasteiger partial charge >= 0.3 is 0 Å². The number of benzene rings is 1. The minimum atomic E-state index is -0.242. The van der Waals surface area contributed by atoms with Gasteiger partial charge in [0.1, 0.15) is 0 Å². The molecule has 0 saturated carbocycles. The number of carbonyl (C=O) groups excluding carboxylic acids is 1. The van der Waals surface area contributed by atoms with Crippen molar-refractivity contribution in [3.05, 3.63) is 83.8 Å². The van der Waals surface area contributed by atoms with E-state index in [4.69, 9.17) is 15.6 Å². The number of aryl methyl sites for hydroxylation is 1. The summed E-state index contributed by atoms with van der Waals surface area (Å²) in [4.78, 5) is 16.8. The Hall–Kier alpha value is -3.87. The Bertz CT molecular complexity index is 1160. The number of hydrogen-bond donors (Lipinski definition) is 3. The van der Waals surface area contributed by atoms with Crippen LogP contribution in [0.1, 0.15) is 27.0 Å². The molecule has 1 aromatic carbocycles. The highest BCUT2D eigenvalue weighted by atomic mass is 16.3. The number of amides is 1. The van der Waals surface area contributed by atoms with Crippen molar-refractivity contribution in [1.82, 2.24) is 9.38 Å². The van der Waals surface area contributed by atoms with E-state index < -0.39 is 0 Å². The predicted octanol–water partition coefficient (Wildman–Crippen LogP) is 3.49. The molecule has 0 spiro atoms. The van der Waals surface area contributed by atoms with Crippen molar-refractivity contribution in [2.24, 2.45) is 0 Å². The van der Waals surface area contributed by atoms with Gasteiger partial charge in [-0.1, -0.05) is 0 Å². The van der Waals surface area contributed by atoms with Crippen LogP contribution in [0.5, 0.6) is 0 Å². The van der Waals surface area contributed by atoms with Crippen LogP contribution in [0.4, 0.5) is 11.4 Å². The van der Waals surface area contributed by atoms with Gasteiger partial charge in [0.05, 0.1) is 41.8 Å². The Morgan fingerprint density at radius 3 is 2.89 bits per heavy atom. The number of nitrogens with two attached hydrogens (primary N) is 1. The molecule has 4 aromatic rings. The van der Waals surface area contributed by atoms with Crippen molar-refractivity contribution in [3.8, 4) is 0 Å². The largest absolute Gasteiger partial charge is 0.472 e. The van der Waals surface area contributed by atoms with Crippen molar-refractivity contribution in [2.45, 2.75) is 6.92 Å². The van der Waals surface area contributed by atoms with Crippen LogP contribution < -0.4 is 11.1 Å². The van der Waals surface area contributed by atoms with Crippen LogP contribution in [-0.2, 0) is 0 Å². The SMILES string of the molecule is Cc1cc2cncn2cc1C(=O)Nc1ccc(N)c(C(=N)c2ccoc2)c1. The highest BCUT2D eigenvalue weighted by Crippen LogP contribution is 2.22. The van der Waals surface area contributed by atoms with E-state index in [0.29, 0.717) is 28.1 Å². The van der Waals surface area contributed by atoms with Crippen molar-refractivity contribution in [3.63, 3.8) is 0 Å². The maximum Gasteiger partial charge on any atom is 0.257 e. The molecule has 0 aliphatic carbocycles. The first-order valence-electron chi connectivity index (χ1n) is 8.27. The van der Waals surface area contributed by atoms with E-state index >= 15 is 0 Å². The first-order valence-corrected chi connectivity index (χ1v) is 8.27. The van der Waals surface area contributed by atoms with Gasteiger partial charge in [-0.05, 0) is 42.8 Å². The molecule has 1 amide bonds. The molecular weight excluding hydrogens is 342 g/mol. The second-order valence-electron chi connectivity index (χ2n) is 6.24. The van der Waals surface area contributed by atoms with E-state index in [2.05, 4.69) is 10.3 Å². The van der Waals surface area contributed by atoms with Crippen molar-refractivity contribution >= 4 is 28.5 Å². The zero-order valence-corrected chi connectivity index (χ0v) is 14.6. The highest BCUT2D eigenvalue weighted by Gasteiger charge is 2.14. The molecule has 0 fully saturated rings. The molecular formula is C20H17N5O2. The summed E-state index contributed by atoms with van der Waals surface area (Å²) >= 11 is 0. The van der Waals surface area contributed by atoms with E-state index in [1.165, 1.54) is 12.5 Å². The number of pyridine rings is 1. The van der Waals surface area contributed by atoms with Gasteiger partial charge in [-0.15, -0.1) is 0 Å². The lowest BCUT2D eigenvalue weighted by molar-refractivity contribution is 0.102. The molecule has 0 aliphatic heterocycles. The van der Waals surface area contributed by atoms with E-state index in [0.717, 1.165) is 11.1 Å². The zero-order valence-electron chi connectivity index (χ0n) is 14.6. The second-order valence-corrected chi connectivity index (χ2v) is 6.24. The lowest BCUT2D eigenvalue weighted by Gasteiger charge is -2.12. The molecule has 0 unspecified atom stereocenters. The van der Waals surface area contributed by atoms with Gasteiger partial charge in [0.25, 0.3) is 5.91 Å². The first kappa shape index (κ1) is 16.6. The van der Waals surface area contributed by atoms with Crippen LogP contribution >= 0.6 is 0 Å². The Morgan fingerprint density at radius 2 is 2.11 bits per heavy atom. The molecule has 27 heavy (non-hydrogen) atoms. The van der Waals surface area contributed by atoms with Crippen LogP contribution in [0.2, 0.25) is 0 Å². The monoisotopic (exact) mass is 359 g/mol. The third-order valence-corrected chi connectivity index (χ3v) is 4.39. The van der Waals surface area contributed by atoms with Gasteiger partial charge in [0, 0.05) is 28.7 Å². The Kier molecular flexibility index (Phi) is 3.97. The summed E-state index contributed by atoms with van der Waals surface area (Å²) < 4.78 is 6.83. The average molecular weight is 359 g/mol. The summed E-state index contributed by atoms with van der Waals surface area (Å²) in [6.07, 6.45) is 8.12.